The number of hydrogen-bond acceptors (Lipinski definition) is 8. The van der Waals surface area contributed by atoms with Gasteiger partial charge in [0, 0.05) is 17.7 Å². The van der Waals surface area contributed by atoms with Crippen molar-refractivity contribution in [1.82, 2.24) is 9.80 Å². The zero-order valence-corrected chi connectivity index (χ0v) is 19.7. The Morgan fingerprint density at radius 1 is 1.09 bits per heavy atom. The highest BCUT2D eigenvalue weighted by Crippen LogP contribution is 2.44. The number of carbonyl (C=O) groups excluding carboxylic acids is 2. The monoisotopic (exact) mass is 468 g/mol. The van der Waals surface area contributed by atoms with Crippen LogP contribution < -0.4 is 18.9 Å². The summed E-state index contributed by atoms with van der Waals surface area (Å²) in [4.78, 5) is 29.9. The average Bonchev–Trinajstić information content (AvgIpc) is 3.40. The molecule has 0 aromatic heterocycles. The number of likely N-dealkylation sites (tertiary alicyclic amines) is 1. The van der Waals surface area contributed by atoms with Gasteiger partial charge in [-0.3, -0.25) is 9.59 Å². The molecule has 0 spiro atoms. The van der Waals surface area contributed by atoms with Crippen molar-refractivity contribution < 1.29 is 33.6 Å². The maximum absolute atomic E-state index is 13.3. The van der Waals surface area contributed by atoms with Gasteiger partial charge in [0.05, 0.1) is 25.8 Å². The Bertz CT molecular complexity index is 1140. The Labute approximate surface area is 198 Å². The van der Waals surface area contributed by atoms with Crippen molar-refractivity contribution in [3.05, 3.63) is 53.1 Å². The summed E-state index contributed by atoms with van der Waals surface area (Å²) in [5.74, 6) is 0.304. The number of ketones is 1. The number of ether oxygens (including phenoxy) is 4. The number of aliphatic hydroxyl groups excluding tert-OH is 1. The molecule has 0 saturated carbocycles. The summed E-state index contributed by atoms with van der Waals surface area (Å²) in [6.07, 6.45) is 0.646. The maximum Gasteiger partial charge on any atom is 0.295 e. The predicted molar refractivity (Wildman–Crippen MR) is 124 cm³/mol. The molecule has 0 aliphatic carbocycles. The summed E-state index contributed by atoms with van der Waals surface area (Å²) in [6.45, 7) is 1.13. The molecule has 4 rings (SSSR count). The molecule has 0 bridgehead atoms. The van der Waals surface area contributed by atoms with E-state index >= 15 is 0 Å². The minimum Gasteiger partial charge on any atom is -0.507 e. The zero-order valence-electron chi connectivity index (χ0n) is 19.7. The molecule has 2 heterocycles. The molecule has 0 unspecified atom stereocenters. The van der Waals surface area contributed by atoms with Gasteiger partial charge in [0.25, 0.3) is 11.7 Å². The topological polar surface area (TPSA) is 97.8 Å². The van der Waals surface area contributed by atoms with Crippen LogP contribution in [0.4, 0.5) is 0 Å². The molecule has 0 radical (unpaired) electrons. The second-order valence-electron chi connectivity index (χ2n) is 8.33. The van der Waals surface area contributed by atoms with Crippen LogP contribution in [0.15, 0.2) is 42.0 Å². The number of amides is 1. The molecule has 9 heteroatoms. The lowest BCUT2D eigenvalue weighted by atomic mass is 9.94. The number of aliphatic hydroxyl groups is 1. The molecule has 2 aliphatic rings. The van der Waals surface area contributed by atoms with Gasteiger partial charge >= 0.3 is 0 Å². The standard InChI is InChI=1S/C25H28N2O7/c1-26(2)10-5-11-27-22(17-13-16(31-3)7-9-18(17)32-4)21(24(29)25(27)30)23(28)15-6-8-19-20(12-15)34-14-33-19/h6-9,12-13,22,28H,5,10-11,14H2,1-4H3/t22-/m0/s1. The third-order valence-electron chi connectivity index (χ3n) is 5.92. The summed E-state index contributed by atoms with van der Waals surface area (Å²) in [5, 5.41) is 11.3. The van der Waals surface area contributed by atoms with Gasteiger partial charge in [0.1, 0.15) is 17.3 Å². The fourth-order valence-corrected chi connectivity index (χ4v) is 4.24. The normalized spacial score (nSPS) is 18.6. The highest BCUT2D eigenvalue weighted by atomic mass is 16.7. The third-order valence-corrected chi connectivity index (χ3v) is 5.92. The second-order valence-corrected chi connectivity index (χ2v) is 8.33. The van der Waals surface area contributed by atoms with E-state index < -0.39 is 17.7 Å². The molecule has 1 amide bonds. The highest BCUT2D eigenvalue weighted by Gasteiger charge is 2.47. The molecule has 34 heavy (non-hydrogen) atoms. The Kier molecular flexibility index (Phi) is 6.65. The first kappa shape index (κ1) is 23.4. The first-order chi connectivity index (χ1) is 16.3. The van der Waals surface area contributed by atoms with Crippen LogP contribution in [0.1, 0.15) is 23.6 Å². The summed E-state index contributed by atoms with van der Waals surface area (Å²) in [7, 11) is 6.93. The smallest absolute Gasteiger partial charge is 0.295 e. The van der Waals surface area contributed by atoms with Crippen LogP contribution in [0.3, 0.4) is 0 Å². The van der Waals surface area contributed by atoms with Crippen molar-refractivity contribution in [2.75, 3.05) is 48.2 Å². The van der Waals surface area contributed by atoms with E-state index in [-0.39, 0.29) is 18.1 Å². The van der Waals surface area contributed by atoms with Crippen LogP contribution in [0.25, 0.3) is 5.76 Å². The minimum absolute atomic E-state index is 0.0136. The number of rotatable bonds is 8. The lowest BCUT2D eigenvalue weighted by Gasteiger charge is -2.27. The van der Waals surface area contributed by atoms with E-state index in [1.807, 2.05) is 19.0 Å². The number of hydrogen-bond donors (Lipinski definition) is 1. The Morgan fingerprint density at radius 3 is 2.56 bits per heavy atom. The van der Waals surface area contributed by atoms with E-state index in [0.717, 1.165) is 6.54 Å². The van der Waals surface area contributed by atoms with Crippen LogP contribution in [0, 0.1) is 0 Å². The lowest BCUT2D eigenvalue weighted by molar-refractivity contribution is -0.140. The number of Topliss-reactive ketones (excluding diaryl/α,β-unsaturated/α-hetero) is 1. The Hall–Kier alpha value is -3.72. The molecule has 1 N–H and O–H groups in total. The van der Waals surface area contributed by atoms with Crippen molar-refractivity contribution in [2.45, 2.75) is 12.5 Å². The van der Waals surface area contributed by atoms with Crippen molar-refractivity contribution in [2.24, 2.45) is 0 Å². The fraction of sp³-hybridized carbons (Fsp3) is 0.360. The molecule has 1 atom stereocenters. The van der Waals surface area contributed by atoms with E-state index in [1.165, 1.54) is 19.1 Å². The second kappa shape index (κ2) is 9.64. The van der Waals surface area contributed by atoms with Crippen LogP contribution in [0.5, 0.6) is 23.0 Å². The maximum atomic E-state index is 13.3. The van der Waals surface area contributed by atoms with E-state index in [1.54, 1.807) is 36.4 Å². The number of carbonyl (C=O) groups is 2. The third kappa shape index (κ3) is 4.26. The molecule has 1 fully saturated rings. The fourth-order valence-electron chi connectivity index (χ4n) is 4.24. The van der Waals surface area contributed by atoms with Crippen LogP contribution >= 0.6 is 0 Å². The van der Waals surface area contributed by atoms with Crippen molar-refractivity contribution in [1.29, 1.82) is 0 Å². The van der Waals surface area contributed by atoms with Gasteiger partial charge in [-0.15, -0.1) is 0 Å². The van der Waals surface area contributed by atoms with Crippen molar-refractivity contribution in [3.8, 4) is 23.0 Å². The van der Waals surface area contributed by atoms with E-state index in [4.69, 9.17) is 18.9 Å². The van der Waals surface area contributed by atoms with Gasteiger partial charge in [-0.25, -0.2) is 0 Å². The van der Waals surface area contributed by atoms with E-state index in [0.29, 0.717) is 47.1 Å². The predicted octanol–water partition coefficient (Wildman–Crippen LogP) is 2.81. The minimum atomic E-state index is -0.849. The molecular weight excluding hydrogens is 440 g/mol. The van der Waals surface area contributed by atoms with Crippen LogP contribution in [-0.4, -0.2) is 74.8 Å². The summed E-state index contributed by atoms with van der Waals surface area (Å²) >= 11 is 0. The summed E-state index contributed by atoms with van der Waals surface area (Å²) in [6, 6.07) is 9.21. The van der Waals surface area contributed by atoms with Gasteiger partial charge in [0.15, 0.2) is 11.5 Å². The Balaban J connectivity index is 1.86. The van der Waals surface area contributed by atoms with Gasteiger partial charge in [0.2, 0.25) is 6.79 Å². The van der Waals surface area contributed by atoms with Crippen LogP contribution in [-0.2, 0) is 9.59 Å². The molecule has 2 aromatic rings. The lowest BCUT2D eigenvalue weighted by Crippen LogP contribution is -2.32. The van der Waals surface area contributed by atoms with E-state index in [9.17, 15) is 14.7 Å². The number of methoxy groups -OCH3 is 2. The Morgan fingerprint density at radius 2 is 1.85 bits per heavy atom. The van der Waals surface area contributed by atoms with Gasteiger partial charge in [-0.2, -0.15) is 0 Å². The average molecular weight is 469 g/mol. The molecule has 2 aromatic carbocycles. The largest absolute Gasteiger partial charge is 0.507 e. The molecule has 9 nitrogen and oxygen atoms in total. The quantitative estimate of drug-likeness (QED) is 0.359. The number of nitrogens with zero attached hydrogens (tertiary/aromatic N) is 2. The number of benzene rings is 2. The van der Waals surface area contributed by atoms with Gasteiger partial charge in [-0.05, 0) is 63.5 Å². The summed E-state index contributed by atoms with van der Waals surface area (Å²) in [5.41, 5.74) is 0.885. The summed E-state index contributed by atoms with van der Waals surface area (Å²) < 4.78 is 21.7. The van der Waals surface area contributed by atoms with Crippen molar-refractivity contribution in [3.63, 3.8) is 0 Å². The van der Waals surface area contributed by atoms with Crippen LogP contribution in [0.2, 0.25) is 0 Å². The van der Waals surface area contributed by atoms with Crippen molar-refractivity contribution >= 4 is 17.4 Å². The molecular formula is C25H28N2O7. The van der Waals surface area contributed by atoms with Gasteiger partial charge < -0.3 is 33.9 Å². The molecule has 180 valence electrons. The zero-order chi connectivity index (χ0) is 24.4. The first-order valence-corrected chi connectivity index (χ1v) is 10.9. The first-order valence-electron chi connectivity index (χ1n) is 10.9. The molecule has 2 aliphatic heterocycles. The number of fused-ring (bicyclic) bond motifs is 1. The molecule has 1 saturated heterocycles. The highest BCUT2D eigenvalue weighted by molar-refractivity contribution is 6.46. The van der Waals surface area contributed by atoms with Gasteiger partial charge in [-0.1, -0.05) is 0 Å². The van der Waals surface area contributed by atoms with E-state index in [2.05, 4.69) is 0 Å². The SMILES string of the molecule is COc1ccc(OC)c([C@H]2C(=C(O)c3ccc4c(c3)OCO4)C(=O)C(=O)N2CCCN(C)C)c1.